The van der Waals surface area contributed by atoms with Crippen molar-refractivity contribution in [3.8, 4) is 6.07 Å². The van der Waals surface area contributed by atoms with Crippen molar-refractivity contribution >= 4 is 28.1 Å². The zero-order valence-electron chi connectivity index (χ0n) is 13.9. The molecule has 0 radical (unpaired) electrons. The van der Waals surface area contributed by atoms with Gasteiger partial charge in [-0.2, -0.15) is 5.26 Å². The van der Waals surface area contributed by atoms with E-state index >= 15 is 0 Å². The average Bonchev–Trinajstić information content (AvgIpc) is 2.61. The smallest absolute Gasteiger partial charge is 0.338 e. The molecule has 1 heterocycles. The van der Waals surface area contributed by atoms with Gasteiger partial charge in [-0.15, -0.1) is 0 Å². The molecule has 0 aliphatic rings. The van der Waals surface area contributed by atoms with E-state index in [-0.39, 0.29) is 5.78 Å². The van der Waals surface area contributed by atoms with Crippen molar-refractivity contribution in [1.29, 1.82) is 5.26 Å². The molecule has 0 aliphatic heterocycles. The monoisotopic (exact) mass is 332 g/mol. The number of ketones is 1. The van der Waals surface area contributed by atoms with E-state index in [9.17, 15) is 9.59 Å². The SMILES string of the molecule is CCN(c1cccc(C#N)c1)c1cc(=O)oc2cc(C(C)=O)ccc12. The summed E-state index contributed by atoms with van der Waals surface area (Å²) in [6.45, 7) is 4.03. The van der Waals surface area contributed by atoms with Crippen LogP contribution in [0.15, 0.2) is 57.7 Å². The molecule has 25 heavy (non-hydrogen) atoms. The Hall–Kier alpha value is -3.39. The summed E-state index contributed by atoms with van der Waals surface area (Å²) in [7, 11) is 0. The van der Waals surface area contributed by atoms with E-state index in [1.165, 1.54) is 13.0 Å². The maximum Gasteiger partial charge on any atom is 0.338 e. The van der Waals surface area contributed by atoms with Crippen LogP contribution in [-0.2, 0) is 0 Å². The standard InChI is InChI=1S/C20H16N2O3/c1-3-22(16-6-4-5-14(9-16)12-21)18-11-20(24)25-19-10-15(13(2)23)7-8-17(18)19/h4-11H,3H2,1-2H3. The molecule has 3 rings (SSSR count). The van der Waals surface area contributed by atoms with Gasteiger partial charge in [0.05, 0.1) is 17.3 Å². The maximum absolute atomic E-state index is 12.0. The van der Waals surface area contributed by atoms with Gasteiger partial charge in [-0.1, -0.05) is 12.1 Å². The van der Waals surface area contributed by atoms with Gasteiger partial charge < -0.3 is 9.32 Å². The van der Waals surface area contributed by atoms with E-state index in [2.05, 4.69) is 6.07 Å². The average molecular weight is 332 g/mol. The Morgan fingerprint density at radius 1 is 1.20 bits per heavy atom. The summed E-state index contributed by atoms with van der Waals surface area (Å²) < 4.78 is 5.28. The summed E-state index contributed by atoms with van der Waals surface area (Å²) in [5, 5.41) is 9.85. The van der Waals surface area contributed by atoms with Crippen LogP contribution in [0.25, 0.3) is 11.0 Å². The summed E-state index contributed by atoms with van der Waals surface area (Å²) >= 11 is 0. The summed E-state index contributed by atoms with van der Waals surface area (Å²) in [6, 6.07) is 15.8. The molecule has 0 spiro atoms. The molecule has 0 bridgehead atoms. The molecular formula is C20H16N2O3. The van der Waals surface area contributed by atoms with E-state index in [4.69, 9.17) is 9.68 Å². The second-order valence-corrected chi connectivity index (χ2v) is 5.62. The van der Waals surface area contributed by atoms with Crippen LogP contribution < -0.4 is 10.5 Å². The molecular weight excluding hydrogens is 316 g/mol. The van der Waals surface area contributed by atoms with Crippen LogP contribution in [-0.4, -0.2) is 12.3 Å². The number of rotatable bonds is 4. The van der Waals surface area contributed by atoms with Gasteiger partial charge in [0.25, 0.3) is 0 Å². The lowest BCUT2D eigenvalue weighted by Gasteiger charge is -2.24. The van der Waals surface area contributed by atoms with Crippen LogP contribution >= 0.6 is 0 Å². The third-order valence-corrected chi connectivity index (χ3v) is 4.02. The zero-order valence-corrected chi connectivity index (χ0v) is 13.9. The predicted octanol–water partition coefficient (Wildman–Crippen LogP) is 4.03. The first-order valence-electron chi connectivity index (χ1n) is 7.90. The number of anilines is 2. The van der Waals surface area contributed by atoms with Gasteiger partial charge in [-0.25, -0.2) is 4.79 Å². The lowest BCUT2D eigenvalue weighted by molar-refractivity contribution is 0.101. The lowest BCUT2D eigenvalue weighted by atomic mass is 10.1. The number of benzene rings is 2. The Morgan fingerprint density at radius 3 is 2.68 bits per heavy atom. The Balaban J connectivity index is 2.23. The largest absolute Gasteiger partial charge is 0.423 e. The highest BCUT2D eigenvalue weighted by molar-refractivity contribution is 6.00. The third kappa shape index (κ3) is 3.15. The molecule has 3 aromatic rings. The molecule has 0 saturated heterocycles. The fourth-order valence-corrected chi connectivity index (χ4v) is 2.82. The van der Waals surface area contributed by atoms with Gasteiger partial charge in [0, 0.05) is 29.2 Å². The molecule has 5 heteroatoms. The molecule has 0 fully saturated rings. The van der Waals surface area contributed by atoms with E-state index in [1.54, 1.807) is 36.4 Å². The first kappa shape index (κ1) is 16.5. The number of carbonyl (C=O) groups excluding carboxylic acids is 1. The van der Waals surface area contributed by atoms with Gasteiger partial charge in [0.2, 0.25) is 0 Å². The molecule has 5 nitrogen and oxygen atoms in total. The molecule has 0 amide bonds. The second kappa shape index (κ2) is 6.62. The molecule has 0 unspecified atom stereocenters. The summed E-state index contributed by atoms with van der Waals surface area (Å²) in [6.07, 6.45) is 0. The molecule has 2 aromatic carbocycles. The van der Waals surface area contributed by atoms with E-state index in [1.807, 2.05) is 17.9 Å². The summed E-state index contributed by atoms with van der Waals surface area (Å²) in [5.41, 5.74) is 2.40. The van der Waals surface area contributed by atoms with Gasteiger partial charge in [0.1, 0.15) is 5.58 Å². The van der Waals surface area contributed by atoms with Gasteiger partial charge in [-0.05, 0) is 44.2 Å². The highest BCUT2D eigenvalue weighted by Gasteiger charge is 2.15. The van der Waals surface area contributed by atoms with Crippen molar-refractivity contribution in [2.75, 3.05) is 11.4 Å². The molecule has 0 N–H and O–H groups in total. The lowest BCUT2D eigenvalue weighted by Crippen LogP contribution is -2.18. The fraction of sp³-hybridized carbons (Fsp3) is 0.150. The number of carbonyl (C=O) groups is 1. The Kier molecular flexibility index (Phi) is 4.36. The number of nitrogens with zero attached hydrogens (tertiary/aromatic N) is 2. The minimum atomic E-state index is -0.488. The van der Waals surface area contributed by atoms with Crippen molar-refractivity contribution in [2.24, 2.45) is 0 Å². The normalized spacial score (nSPS) is 10.4. The van der Waals surface area contributed by atoms with Gasteiger partial charge in [0.15, 0.2) is 5.78 Å². The summed E-state index contributed by atoms with van der Waals surface area (Å²) in [4.78, 5) is 25.5. The van der Waals surface area contributed by atoms with E-state index in [0.29, 0.717) is 28.9 Å². The number of fused-ring (bicyclic) bond motifs is 1. The minimum absolute atomic E-state index is 0.0935. The number of hydrogen-bond acceptors (Lipinski definition) is 5. The zero-order chi connectivity index (χ0) is 18.0. The minimum Gasteiger partial charge on any atom is -0.423 e. The highest BCUT2D eigenvalue weighted by atomic mass is 16.4. The Morgan fingerprint density at radius 2 is 2.00 bits per heavy atom. The quantitative estimate of drug-likeness (QED) is 0.533. The highest BCUT2D eigenvalue weighted by Crippen LogP contribution is 2.31. The van der Waals surface area contributed by atoms with Gasteiger partial charge >= 0.3 is 5.63 Å². The number of Topliss-reactive ketones (excluding diaryl/α,β-unsaturated/α-hetero) is 1. The molecule has 0 aliphatic carbocycles. The van der Waals surface area contributed by atoms with Crippen LogP contribution in [0.1, 0.15) is 29.8 Å². The molecule has 0 atom stereocenters. The topological polar surface area (TPSA) is 74.3 Å². The van der Waals surface area contributed by atoms with Crippen LogP contribution in [0.2, 0.25) is 0 Å². The van der Waals surface area contributed by atoms with Crippen LogP contribution in [0, 0.1) is 11.3 Å². The van der Waals surface area contributed by atoms with Crippen molar-refractivity contribution < 1.29 is 9.21 Å². The Bertz CT molecular complexity index is 1060. The van der Waals surface area contributed by atoms with Crippen molar-refractivity contribution in [3.05, 3.63) is 70.1 Å². The molecule has 0 saturated carbocycles. The van der Waals surface area contributed by atoms with Crippen LogP contribution in [0.4, 0.5) is 11.4 Å². The first-order chi connectivity index (χ1) is 12.0. The predicted molar refractivity (Wildman–Crippen MR) is 96.3 cm³/mol. The maximum atomic E-state index is 12.0. The molecule has 124 valence electrons. The first-order valence-corrected chi connectivity index (χ1v) is 7.90. The molecule has 1 aromatic heterocycles. The third-order valence-electron chi connectivity index (χ3n) is 4.02. The second-order valence-electron chi connectivity index (χ2n) is 5.62. The van der Waals surface area contributed by atoms with Crippen molar-refractivity contribution in [2.45, 2.75) is 13.8 Å². The van der Waals surface area contributed by atoms with E-state index in [0.717, 1.165) is 11.1 Å². The summed E-state index contributed by atoms with van der Waals surface area (Å²) in [5.74, 6) is -0.0935. The number of nitriles is 1. The Labute approximate surface area is 144 Å². The van der Waals surface area contributed by atoms with Crippen LogP contribution in [0.3, 0.4) is 0 Å². The fourth-order valence-electron chi connectivity index (χ4n) is 2.82. The van der Waals surface area contributed by atoms with Crippen LogP contribution in [0.5, 0.6) is 0 Å². The number of hydrogen-bond donors (Lipinski definition) is 0. The van der Waals surface area contributed by atoms with Crippen molar-refractivity contribution in [1.82, 2.24) is 0 Å². The van der Waals surface area contributed by atoms with Crippen molar-refractivity contribution in [3.63, 3.8) is 0 Å². The van der Waals surface area contributed by atoms with Gasteiger partial charge in [-0.3, -0.25) is 4.79 Å². The van der Waals surface area contributed by atoms with E-state index < -0.39 is 5.63 Å².